The van der Waals surface area contributed by atoms with Gasteiger partial charge in [0.15, 0.2) is 0 Å². The Labute approximate surface area is 214 Å². The van der Waals surface area contributed by atoms with Crippen molar-refractivity contribution in [2.45, 2.75) is 96.8 Å². The zero-order valence-electron chi connectivity index (χ0n) is 21.6. The molecule has 0 fully saturated rings. The zero-order chi connectivity index (χ0) is 24.9. The summed E-state index contributed by atoms with van der Waals surface area (Å²) in [5.74, 6) is 1.32. The molecule has 0 saturated heterocycles. The second-order valence-electron chi connectivity index (χ2n) is 9.71. The lowest BCUT2D eigenvalue weighted by atomic mass is 9.77. The smallest absolute Gasteiger partial charge is 0.405 e. The molecule has 5 nitrogen and oxygen atoms in total. The highest BCUT2D eigenvalue weighted by Crippen LogP contribution is 2.56. The van der Waals surface area contributed by atoms with Gasteiger partial charge in [-0.05, 0) is 18.6 Å². The second kappa shape index (κ2) is 15.1. The quantitative estimate of drug-likeness (QED) is 0.210. The van der Waals surface area contributed by atoms with Gasteiger partial charge in [0.05, 0.1) is 6.61 Å². The second-order valence-corrected chi connectivity index (χ2v) is 11.9. The molecule has 194 valence electrons. The fraction of sp³-hybridized carbons (Fsp3) is 0.571. The predicted molar refractivity (Wildman–Crippen MR) is 146 cm³/mol. The summed E-state index contributed by atoms with van der Waals surface area (Å²) in [5.41, 5.74) is 1.60. The highest BCUT2D eigenvalue weighted by atomic mass is 31.2. The van der Waals surface area contributed by atoms with Crippen LogP contribution in [0.25, 0.3) is 0 Å². The number of para-hydroxylation sites is 2. The topological polar surface area (TPSA) is 57.2 Å². The molecule has 0 spiro atoms. The van der Waals surface area contributed by atoms with Crippen molar-refractivity contribution >= 4 is 17.2 Å². The molecule has 1 aliphatic rings. The van der Waals surface area contributed by atoms with Gasteiger partial charge in [0.25, 0.3) is 0 Å². The molecule has 35 heavy (non-hydrogen) atoms. The molecule has 2 aromatic carbocycles. The monoisotopic (exact) mass is 520 g/mol. The van der Waals surface area contributed by atoms with E-state index < -0.39 is 22.6 Å². The van der Waals surface area contributed by atoms with Gasteiger partial charge in [-0.15, -0.1) is 0 Å². The van der Waals surface area contributed by atoms with Gasteiger partial charge < -0.3 is 18.5 Å². The molecule has 1 N–H and O–H groups in total. The van der Waals surface area contributed by atoms with Crippen LogP contribution < -0.4 is 9.05 Å². The molecule has 1 aliphatic heterocycles. The third-order valence-corrected chi connectivity index (χ3v) is 8.74. The molecule has 2 atom stereocenters. The van der Waals surface area contributed by atoms with Crippen LogP contribution in [-0.2, 0) is 14.2 Å². The first kappa shape index (κ1) is 28.4. The number of hydrogen-bond donors (Lipinski definition) is 1. The molecule has 0 bridgehead atoms. The molecule has 2 unspecified atom stereocenters. The fourth-order valence-corrected chi connectivity index (χ4v) is 6.37. The SMILES string of the molecule is CCCCCCCCCCCCCOP1Oc2ccccc2C(C)(C)c2ccccc2OP(O)O1. The third-order valence-electron chi connectivity index (χ3n) is 6.55. The molecule has 0 aliphatic carbocycles. The maximum atomic E-state index is 10.5. The van der Waals surface area contributed by atoms with Crippen LogP contribution in [0.5, 0.6) is 11.5 Å². The summed E-state index contributed by atoms with van der Waals surface area (Å²) < 4.78 is 23.7. The van der Waals surface area contributed by atoms with Crippen molar-refractivity contribution < 1.29 is 22.8 Å². The van der Waals surface area contributed by atoms with E-state index in [9.17, 15) is 4.89 Å². The number of benzene rings is 2. The molecular formula is C28H42O5P2. The van der Waals surface area contributed by atoms with Gasteiger partial charge in [-0.2, -0.15) is 0 Å². The molecule has 0 saturated carbocycles. The molecule has 7 heteroatoms. The minimum atomic E-state index is -2.18. The highest BCUT2D eigenvalue weighted by Gasteiger charge is 2.34. The fourth-order valence-electron chi connectivity index (χ4n) is 4.48. The van der Waals surface area contributed by atoms with Crippen molar-refractivity contribution in [3.05, 3.63) is 59.7 Å². The van der Waals surface area contributed by atoms with E-state index in [0.29, 0.717) is 18.1 Å². The summed E-state index contributed by atoms with van der Waals surface area (Å²) in [4.78, 5) is 10.5. The normalized spacial score (nSPS) is 19.2. The molecule has 0 aromatic heterocycles. The van der Waals surface area contributed by atoms with Crippen LogP contribution in [0.15, 0.2) is 48.5 Å². The number of unbranched alkanes of at least 4 members (excludes halogenated alkanes) is 10. The summed E-state index contributed by atoms with van der Waals surface area (Å²) in [6, 6.07) is 15.7. The zero-order valence-corrected chi connectivity index (χ0v) is 23.4. The summed E-state index contributed by atoms with van der Waals surface area (Å²) >= 11 is 0. The van der Waals surface area contributed by atoms with Crippen LogP contribution in [0.1, 0.15) is 103 Å². The van der Waals surface area contributed by atoms with Crippen molar-refractivity contribution in [2.24, 2.45) is 0 Å². The third kappa shape index (κ3) is 8.99. The average molecular weight is 521 g/mol. The lowest BCUT2D eigenvalue weighted by Crippen LogP contribution is -2.21. The summed E-state index contributed by atoms with van der Waals surface area (Å²) in [6.45, 7) is 7.06. The highest BCUT2D eigenvalue weighted by molar-refractivity contribution is 7.55. The van der Waals surface area contributed by atoms with E-state index in [-0.39, 0.29) is 0 Å². The minimum Gasteiger partial charge on any atom is -0.426 e. The van der Waals surface area contributed by atoms with E-state index in [0.717, 1.165) is 24.0 Å². The molecule has 3 rings (SSSR count). The van der Waals surface area contributed by atoms with Crippen molar-refractivity contribution in [3.8, 4) is 11.5 Å². The van der Waals surface area contributed by atoms with E-state index in [4.69, 9.17) is 17.9 Å². The molecule has 0 amide bonds. The standard InChI is InChI=1S/C28H42O5P2/c1-4-5-6-7-8-9-10-11-12-13-18-23-30-35-32-27-22-17-15-20-25(27)28(2,3)24-19-14-16-21-26(24)31-34(29)33-35/h14-17,19-22,29H,4-13,18,23H2,1-3H3. The van der Waals surface area contributed by atoms with Gasteiger partial charge in [0.2, 0.25) is 0 Å². The van der Waals surface area contributed by atoms with Crippen molar-refractivity contribution in [1.29, 1.82) is 0 Å². The first-order valence-corrected chi connectivity index (χ1v) is 15.4. The summed E-state index contributed by atoms with van der Waals surface area (Å²) in [6.07, 6.45) is 14.1. The van der Waals surface area contributed by atoms with E-state index in [2.05, 4.69) is 26.8 Å². The predicted octanol–water partition coefficient (Wildman–Crippen LogP) is 9.57. The van der Waals surface area contributed by atoms with Crippen LogP contribution in [0, 0.1) is 0 Å². The van der Waals surface area contributed by atoms with Gasteiger partial charge in [-0.25, -0.2) is 4.31 Å². The number of hydrogen-bond acceptors (Lipinski definition) is 5. The van der Waals surface area contributed by atoms with Crippen molar-refractivity contribution in [3.63, 3.8) is 0 Å². The Bertz CT molecular complexity index is 876. The molecule has 0 radical (unpaired) electrons. The molecular weight excluding hydrogens is 478 g/mol. The van der Waals surface area contributed by atoms with Gasteiger partial charge in [-0.3, -0.25) is 0 Å². The van der Waals surface area contributed by atoms with Crippen LogP contribution in [0.3, 0.4) is 0 Å². The lowest BCUT2D eigenvalue weighted by Gasteiger charge is -2.32. The van der Waals surface area contributed by atoms with Gasteiger partial charge in [-0.1, -0.05) is 121 Å². The molecule has 1 heterocycles. The van der Waals surface area contributed by atoms with Gasteiger partial charge in [0, 0.05) is 16.5 Å². The summed E-state index contributed by atoms with van der Waals surface area (Å²) in [5, 5.41) is 0. The lowest BCUT2D eigenvalue weighted by molar-refractivity contribution is 0.245. The van der Waals surface area contributed by atoms with E-state index in [1.54, 1.807) is 0 Å². The van der Waals surface area contributed by atoms with Crippen LogP contribution in [0.4, 0.5) is 0 Å². The minimum absolute atomic E-state index is 0.391. The maximum Gasteiger partial charge on any atom is 0.405 e. The van der Waals surface area contributed by atoms with E-state index in [1.165, 1.54) is 57.8 Å². The summed E-state index contributed by atoms with van der Waals surface area (Å²) in [7, 11) is -3.97. The largest absolute Gasteiger partial charge is 0.426 e. The Hall–Kier alpha value is -1.22. The first-order chi connectivity index (χ1) is 17.0. The van der Waals surface area contributed by atoms with Crippen LogP contribution in [-0.4, -0.2) is 11.5 Å². The van der Waals surface area contributed by atoms with Gasteiger partial charge in [0.1, 0.15) is 11.5 Å². The Morgan fingerprint density at radius 1 is 0.714 bits per heavy atom. The Kier molecular flexibility index (Phi) is 12.3. The number of fused-ring (bicyclic) bond motifs is 2. The maximum absolute atomic E-state index is 10.5. The average Bonchev–Trinajstić information content (AvgIpc) is 2.84. The molecule has 2 aromatic rings. The first-order valence-electron chi connectivity index (χ1n) is 13.2. The van der Waals surface area contributed by atoms with E-state index >= 15 is 0 Å². The van der Waals surface area contributed by atoms with E-state index in [1.807, 2.05) is 42.5 Å². The van der Waals surface area contributed by atoms with Crippen molar-refractivity contribution in [2.75, 3.05) is 6.61 Å². The Morgan fingerprint density at radius 2 is 1.20 bits per heavy atom. The van der Waals surface area contributed by atoms with Crippen molar-refractivity contribution in [1.82, 2.24) is 0 Å². The van der Waals surface area contributed by atoms with Crippen LogP contribution in [0.2, 0.25) is 0 Å². The number of rotatable bonds is 13. The Morgan fingerprint density at radius 3 is 1.77 bits per heavy atom. The Balaban J connectivity index is 1.50. The van der Waals surface area contributed by atoms with Crippen LogP contribution >= 0.6 is 17.2 Å². The van der Waals surface area contributed by atoms with Gasteiger partial charge >= 0.3 is 17.2 Å².